The lowest BCUT2D eigenvalue weighted by molar-refractivity contribution is 0.122. The second-order valence-corrected chi connectivity index (χ2v) is 8.38. The number of hydrogen-bond donors (Lipinski definition) is 1. The first-order chi connectivity index (χ1) is 16.5. The highest BCUT2D eigenvalue weighted by molar-refractivity contribution is 6.32. The highest BCUT2D eigenvalue weighted by Crippen LogP contribution is 2.31. The molecule has 1 N–H and O–H groups in total. The van der Waals surface area contributed by atoms with Crippen LogP contribution in [0.5, 0.6) is 0 Å². The van der Waals surface area contributed by atoms with Gasteiger partial charge in [0.1, 0.15) is 17.5 Å². The van der Waals surface area contributed by atoms with Crippen molar-refractivity contribution in [2.45, 2.75) is 13.8 Å². The van der Waals surface area contributed by atoms with Crippen LogP contribution in [0, 0.1) is 19.7 Å². The van der Waals surface area contributed by atoms with Gasteiger partial charge in [-0.25, -0.2) is 24.0 Å². The van der Waals surface area contributed by atoms with Crippen molar-refractivity contribution in [3.05, 3.63) is 71.2 Å². The Balaban J connectivity index is 1.40. The van der Waals surface area contributed by atoms with Gasteiger partial charge in [-0.1, -0.05) is 11.6 Å². The summed E-state index contributed by atoms with van der Waals surface area (Å²) in [6.45, 7) is 6.41. The van der Waals surface area contributed by atoms with Crippen molar-refractivity contribution in [1.29, 1.82) is 0 Å². The molecule has 34 heavy (non-hydrogen) atoms. The number of halogens is 2. The normalized spacial score (nSPS) is 13.8. The Hall–Kier alpha value is -3.56. The Bertz CT molecular complexity index is 1320. The van der Waals surface area contributed by atoms with E-state index in [1.807, 2.05) is 44.2 Å². The van der Waals surface area contributed by atoms with Gasteiger partial charge in [-0.3, -0.25) is 0 Å². The molecule has 0 bridgehead atoms. The molecule has 1 saturated heterocycles. The van der Waals surface area contributed by atoms with Gasteiger partial charge in [0.2, 0.25) is 5.95 Å². The van der Waals surface area contributed by atoms with E-state index in [0.717, 1.165) is 28.7 Å². The molecule has 174 valence electrons. The van der Waals surface area contributed by atoms with Gasteiger partial charge in [0.05, 0.1) is 35.8 Å². The summed E-state index contributed by atoms with van der Waals surface area (Å²) in [5.41, 5.74) is 3.51. The van der Waals surface area contributed by atoms with E-state index in [0.29, 0.717) is 48.5 Å². The predicted octanol–water partition coefficient (Wildman–Crippen LogP) is 4.71. The molecule has 1 fully saturated rings. The monoisotopic (exact) mass is 479 g/mol. The highest BCUT2D eigenvalue weighted by Gasteiger charge is 2.16. The standard InChI is InChI=1S/C24H23ClFN7O/c1-15-28-16(2)33(31-15)20-5-3-19(4-6-20)29-24-27-14-22(25)23(30-24)17-11-18(26)13-21(12-17)32-7-9-34-10-8-32/h3-6,11-14H,7-10H2,1-2H3,(H,27,29,30). The fourth-order valence-corrected chi connectivity index (χ4v) is 4.13. The van der Waals surface area contributed by atoms with Crippen molar-refractivity contribution >= 4 is 28.9 Å². The first-order valence-electron chi connectivity index (χ1n) is 10.9. The summed E-state index contributed by atoms with van der Waals surface area (Å²) >= 11 is 6.41. The molecule has 8 nitrogen and oxygen atoms in total. The number of anilines is 3. The van der Waals surface area contributed by atoms with E-state index in [4.69, 9.17) is 16.3 Å². The fourth-order valence-electron chi connectivity index (χ4n) is 3.93. The summed E-state index contributed by atoms with van der Waals surface area (Å²) in [6.07, 6.45) is 1.52. The lowest BCUT2D eigenvalue weighted by atomic mass is 10.1. The number of rotatable bonds is 5. The van der Waals surface area contributed by atoms with Crippen LogP contribution in [0.2, 0.25) is 5.02 Å². The van der Waals surface area contributed by atoms with Gasteiger partial charge >= 0.3 is 0 Å². The average molecular weight is 480 g/mol. The van der Waals surface area contributed by atoms with E-state index in [-0.39, 0.29) is 5.82 Å². The summed E-state index contributed by atoms with van der Waals surface area (Å²) in [6, 6.07) is 12.5. The Morgan fingerprint density at radius 3 is 2.47 bits per heavy atom. The summed E-state index contributed by atoms with van der Waals surface area (Å²) in [4.78, 5) is 15.3. The lowest BCUT2D eigenvalue weighted by Crippen LogP contribution is -2.36. The molecule has 4 aromatic rings. The van der Waals surface area contributed by atoms with Gasteiger partial charge in [0.25, 0.3) is 0 Å². The number of benzene rings is 2. The fraction of sp³-hybridized carbons (Fsp3) is 0.250. The molecule has 3 heterocycles. The minimum atomic E-state index is -0.350. The predicted molar refractivity (Wildman–Crippen MR) is 130 cm³/mol. The molecule has 1 aliphatic heterocycles. The third-order valence-electron chi connectivity index (χ3n) is 5.52. The van der Waals surface area contributed by atoms with E-state index in [1.165, 1.54) is 18.3 Å². The maximum Gasteiger partial charge on any atom is 0.227 e. The number of aryl methyl sites for hydroxylation is 2. The molecule has 1 aliphatic rings. The lowest BCUT2D eigenvalue weighted by Gasteiger charge is -2.29. The number of nitrogens with zero attached hydrogens (tertiary/aromatic N) is 6. The molecule has 0 atom stereocenters. The molecular weight excluding hydrogens is 457 g/mol. The van der Waals surface area contributed by atoms with E-state index >= 15 is 0 Å². The number of morpholine rings is 1. The van der Waals surface area contributed by atoms with Crippen molar-refractivity contribution in [3.8, 4) is 16.9 Å². The summed E-state index contributed by atoms with van der Waals surface area (Å²) in [7, 11) is 0. The Morgan fingerprint density at radius 2 is 1.76 bits per heavy atom. The molecule has 2 aromatic carbocycles. The Kier molecular flexibility index (Phi) is 6.12. The molecular formula is C24H23ClFN7O. The van der Waals surface area contributed by atoms with Crippen LogP contribution < -0.4 is 10.2 Å². The summed E-state index contributed by atoms with van der Waals surface area (Å²) < 4.78 is 21.7. The molecule has 0 spiro atoms. The minimum Gasteiger partial charge on any atom is -0.378 e. The highest BCUT2D eigenvalue weighted by atomic mass is 35.5. The largest absolute Gasteiger partial charge is 0.378 e. The first kappa shape index (κ1) is 22.2. The number of aromatic nitrogens is 5. The first-order valence-corrected chi connectivity index (χ1v) is 11.3. The zero-order valence-corrected chi connectivity index (χ0v) is 19.6. The van der Waals surface area contributed by atoms with Crippen LogP contribution in [0.15, 0.2) is 48.7 Å². The van der Waals surface area contributed by atoms with Gasteiger partial charge in [-0.2, -0.15) is 5.10 Å². The Morgan fingerprint density at radius 1 is 1.00 bits per heavy atom. The topological polar surface area (TPSA) is 81.0 Å². The van der Waals surface area contributed by atoms with Crippen LogP contribution in [0.25, 0.3) is 16.9 Å². The van der Waals surface area contributed by atoms with Crippen LogP contribution in [0.1, 0.15) is 11.6 Å². The molecule has 0 amide bonds. The molecule has 10 heteroatoms. The van der Waals surface area contributed by atoms with E-state index in [2.05, 4.69) is 30.3 Å². The molecule has 0 radical (unpaired) electrons. The van der Waals surface area contributed by atoms with Crippen molar-refractivity contribution < 1.29 is 9.13 Å². The minimum absolute atomic E-state index is 0.344. The van der Waals surface area contributed by atoms with Gasteiger partial charge in [-0.05, 0) is 56.3 Å². The van der Waals surface area contributed by atoms with Crippen LogP contribution in [-0.4, -0.2) is 51.0 Å². The number of hydrogen-bond acceptors (Lipinski definition) is 7. The van der Waals surface area contributed by atoms with Crippen LogP contribution in [0.3, 0.4) is 0 Å². The van der Waals surface area contributed by atoms with Crippen LogP contribution >= 0.6 is 11.6 Å². The molecule has 0 aliphatic carbocycles. The second kappa shape index (κ2) is 9.36. The van der Waals surface area contributed by atoms with Crippen molar-refractivity contribution in [2.24, 2.45) is 0 Å². The van der Waals surface area contributed by atoms with Crippen LogP contribution in [-0.2, 0) is 4.74 Å². The van der Waals surface area contributed by atoms with Crippen molar-refractivity contribution in [2.75, 3.05) is 36.5 Å². The number of ether oxygens (including phenoxy) is 1. The zero-order valence-electron chi connectivity index (χ0n) is 18.8. The maximum absolute atomic E-state index is 14.5. The van der Waals surface area contributed by atoms with E-state index in [9.17, 15) is 4.39 Å². The summed E-state index contributed by atoms with van der Waals surface area (Å²) in [5, 5.41) is 7.93. The zero-order chi connectivity index (χ0) is 23.7. The van der Waals surface area contributed by atoms with Crippen LogP contribution in [0.4, 0.5) is 21.7 Å². The SMILES string of the molecule is Cc1nc(C)n(-c2ccc(Nc3ncc(Cl)c(-c4cc(F)cc(N5CCOCC5)c4)n3)cc2)n1. The summed E-state index contributed by atoms with van der Waals surface area (Å²) in [5.74, 6) is 1.54. The molecule has 0 unspecified atom stereocenters. The van der Waals surface area contributed by atoms with E-state index in [1.54, 1.807) is 4.68 Å². The Labute approximate surface area is 201 Å². The molecule has 5 rings (SSSR count). The molecule has 2 aromatic heterocycles. The number of nitrogens with one attached hydrogen (secondary N) is 1. The van der Waals surface area contributed by atoms with Gasteiger partial charge < -0.3 is 15.0 Å². The third-order valence-corrected chi connectivity index (χ3v) is 5.80. The van der Waals surface area contributed by atoms with Crippen molar-refractivity contribution in [1.82, 2.24) is 24.7 Å². The van der Waals surface area contributed by atoms with Crippen molar-refractivity contribution in [3.63, 3.8) is 0 Å². The quantitative estimate of drug-likeness (QED) is 0.443. The van der Waals surface area contributed by atoms with Gasteiger partial charge in [0, 0.05) is 30.0 Å². The van der Waals surface area contributed by atoms with E-state index < -0.39 is 0 Å². The van der Waals surface area contributed by atoms with Gasteiger partial charge in [0.15, 0.2) is 0 Å². The molecule has 0 saturated carbocycles. The maximum atomic E-state index is 14.5. The smallest absolute Gasteiger partial charge is 0.227 e. The average Bonchev–Trinajstić information content (AvgIpc) is 3.18. The third kappa shape index (κ3) is 4.71. The van der Waals surface area contributed by atoms with Gasteiger partial charge in [-0.15, -0.1) is 0 Å². The second-order valence-electron chi connectivity index (χ2n) is 7.98.